The molecule has 8 rings (SSSR count). The molecular weight excluding hydrogens is 813 g/mol. The second kappa shape index (κ2) is 25.9. The van der Waals surface area contributed by atoms with Crippen molar-refractivity contribution in [3.63, 3.8) is 0 Å². The van der Waals surface area contributed by atoms with Gasteiger partial charge in [0.2, 0.25) is 17.5 Å². The van der Waals surface area contributed by atoms with E-state index in [1.807, 2.05) is 118 Å². The normalized spacial score (nSPS) is 10.5. The number of pyridine rings is 1. The molecule has 0 bridgehead atoms. The Balaban J connectivity index is 0.000000178. The van der Waals surface area contributed by atoms with Gasteiger partial charge >= 0.3 is 0 Å². The number of benzene rings is 1. The molecule has 0 saturated heterocycles. The maximum Gasteiger partial charge on any atom is 0.221 e. The molecule has 330 valence electrons. The SMILES string of the molecule is CC(C)c1cnc(-c2ncccn2)nn1.CC(C)c1nnc(-c2ccccc2)nn1.CC(C)c1nnc(-c2ccccn2)nn1.CC(C)c1nncnn1.Cc1nnc(C(C)C)nn1. The lowest BCUT2D eigenvalue weighted by Crippen LogP contribution is -2.04. The summed E-state index contributed by atoms with van der Waals surface area (Å²) in [4.78, 5) is 16.4. The molecule has 7 aromatic heterocycles. The second-order valence-electron chi connectivity index (χ2n) is 15.0. The lowest BCUT2D eigenvalue weighted by atomic mass is 10.1. The zero-order chi connectivity index (χ0) is 46.3. The third-order valence-electron chi connectivity index (χ3n) is 7.93. The summed E-state index contributed by atoms with van der Waals surface area (Å²) in [5, 5.41) is 70.1. The number of aryl methyl sites for hydroxylation is 1. The fraction of sp³-hybridized carbons (Fsp3) is 0.381. The van der Waals surface area contributed by atoms with Gasteiger partial charge in [0, 0.05) is 47.8 Å². The first-order valence-electron chi connectivity index (χ1n) is 20.4. The Kier molecular flexibility index (Phi) is 19.8. The summed E-state index contributed by atoms with van der Waals surface area (Å²) in [6.45, 7) is 21.9. The van der Waals surface area contributed by atoms with E-state index >= 15 is 0 Å². The number of hydrogen-bond acceptors (Lipinski definition) is 22. The van der Waals surface area contributed by atoms with Crippen LogP contribution >= 0.6 is 0 Å². The number of nitrogens with zero attached hydrogens (tertiary/aromatic N) is 22. The van der Waals surface area contributed by atoms with Crippen molar-refractivity contribution in [1.29, 1.82) is 0 Å². The highest BCUT2D eigenvalue weighted by Crippen LogP contribution is 2.14. The van der Waals surface area contributed by atoms with Gasteiger partial charge in [0.1, 0.15) is 5.69 Å². The molecule has 0 atom stereocenters. The maximum atomic E-state index is 4.17. The zero-order valence-corrected chi connectivity index (χ0v) is 37.8. The first-order chi connectivity index (χ1) is 30.8. The van der Waals surface area contributed by atoms with Gasteiger partial charge in [0.25, 0.3) is 0 Å². The van der Waals surface area contributed by atoms with Gasteiger partial charge in [-0.2, -0.15) is 5.10 Å². The predicted molar refractivity (Wildman–Crippen MR) is 235 cm³/mol. The minimum atomic E-state index is 0.239. The molecule has 22 heteroatoms. The molecule has 0 N–H and O–H groups in total. The van der Waals surface area contributed by atoms with Crippen LogP contribution in [0, 0.1) is 6.92 Å². The van der Waals surface area contributed by atoms with Crippen LogP contribution in [0.4, 0.5) is 0 Å². The van der Waals surface area contributed by atoms with E-state index in [2.05, 4.69) is 112 Å². The standard InChI is InChI=1S/C11H12N4.2C10H11N5.C6H10N4.C5H8N4/c1-8(2)10-12-14-11(15-13-10)9-6-4-3-5-7-9;1-7(2)8-6-13-10(15-14-8)9-11-4-3-5-12-9;1-7(2)9-12-14-10(15-13-9)8-5-3-4-6-11-8;1-4(2)6-9-7-5(3)8-10-6;1-4(2)5-8-6-3-7-9-5/h3-8H,1-2H3;2*3-7H,1-2H3;4H,1-3H3;3-4H,1-2H3. The summed E-state index contributed by atoms with van der Waals surface area (Å²) in [7, 11) is 0. The van der Waals surface area contributed by atoms with E-state index in [0.717, 1.165) is 11.3 Å². The Morgan fingerprint density at radius 2 is 0.797 bits per heavy atom. The van der Waals surface area contributed by atoms with Gasteiger partial charge in [-0.05, 0) is 31.0 Å². The minimum Gasteiger partial charge on any atom is -0.253 e. The quantitative estimate of drug-likeness (QED) is 0.168. The Labute approximate surface area is 371 Å². The third-order valence-corrected chi connectivity index (χ3v) is 7.93. The van der Waals surface area contributed by atoms with Gasteiger partial charge in [-0.25, -0.2) is 15.0 Å². The highest BCUT2D eigenvalue weighted by Gasteiger charge is 2.09. The van der Waals surface area contributed by atoms with E-state index in [1.54, 1.807) is 37.8 Å². The van der Waals surface area contributed by atoms with E-state index in [0.29, 0.717) is 75.9 Å². The Morgan fingerprint density at radius 1 is 0.344 bits per heavy atom. The number of aromatic nitrogens is 22. The van der Waals surface area contributed by atoms with E-state index in [1.165, 1.54) is 6.33 Å². The molecule has 0 fully saturated rings. The fourth-order valence-corrected chi connectivity index (χ4v) is 4.26. The summed E-state index contributed by atoms with van der Waals surface area (Å²) in [5.41, 5.74) is 2.50. The van der Waals surface area contributed by atoms with E-state index in [9.17, 15) is 0 Å². The van der Waals surface area contributed by atoms with E-state index in [-0.39, 0.29) is 11.8 Å². The zero-order valence-electron chi connectivity index (χ0n) is 37.8. The lowest BCUT2D eigenvalue weighted by molar-refractivity contribution is 0.673. The molecule has 8 aromatic rings. The van der Waals surface area contributed by atoms with Crippen molar-refractivity contribution in [3.05, 3.63) is 121 Å². The highest BCUT2D eigenvalue weighted by molar-refractivity contribution is 5.53. The van der Waals surface area contributed by atoms with Crippen LogP contribution in [0.1, 0.15) is 134 Å². The van der Waals surface area contributed by atoms with Crippen molar-refractivity contribution in [1.82, 2.24) is 112 Å². The monoisotopic (exact) mass is 864 g/mol. The van der Waals surface area contributed by atoms with Gasteiger partial charge in [-0.3, -0.25) is 4.98 Å². The van der Waals surface area contributed by atoms with Gasteiger partial charge < -0.3 is 0 Å². The minimum absolute atomic E-state index is 0.239. The largest absolute Gasteiger partial charge is 0.253 e. The van der Waals surface area contributed by atoms with Crippen molar-refractivity contribution in [2.75, 3.05) is 0 Å². The van der Waals surface area contributed by atoms with E-state index < -0.39 is 0 Å². The van der Waals surface area contributed by atoms with Crippen molar-refractivity contribution in [2.24, 2.45) is 0 Å². The lowest BCUT2D eigenvalue weighted by Gasteiger charge is -2.02. The molecule has 0 radical (unpaired) electrons. The molecule has 0 spiro atoms. The molecule has 0 amide bonds. The molecule has 0 aliphatic carbocycles. The van der Waals surface area contributed by atoms with Crippen LogP contribution in [0.15, 0.2) is 85.7 Å². The molecule has 22 nitrogen and oxygen atoms in total. The van der Waals surface area contributed by atoms with Crippen LogP contribution < -0.4 is 0 Å². The maximum absolute atomic E-state index is 4.17. The summed E-state index contributed by atoms with van der Waals surface area (Å²) < 4.78 is 0. The average molecular weight is 865 g/mol. The van der Waals surface area contributed by atoms with Gasteiger partial charge in [0.15, 0.2) is 41.3 Å². The molecular formula is C42H52N22. The van der Waals surface area contributed by atoms with Gasteiger partial charge in [-0.15, -0.1) is 86.7 Å². The first-order valence-corrected chi connectivity index (χ1v) is 20.4. The average Bonchev–Trinajstić information content (AvgIpc) is 3.34. The van der Waals surface area contributed by atoms with Crippen LogP contribution in [-0.4, -0.2) is 112 Å². The topological polar surface area (TPSA) is 284 Å². The fourth-order valence-electron chi connectivity index (χ4n) is 4.26. The molecule has 7 heterocycles. The highest BCUT2D eigenvalue weighted by atomic mass is 15.3. The van der Waals surface area contributed by atoms with Crippen molar-refractivity contribution in [2.45, 2.75) is 106 Å². The van der Waals surface area contributed by atoms with Crippen LogP contribution in [-0.2, 0) is 0 Å². The van der Waals surface area contributed by atoms with Crippen LogP contribution in [0.5, 0.6) is 0 Å². The molecule has 64 heavy (non-hydrogen) atoms. The van der Waals surface area contributed by atoms with Crippen molar-refractivity contribution in [3.8, 4) is 34.6 Å². The van der Waals surface area contributed by atoms with Gasteiger partial charge in [-0.1, -0.05) is 106 Å². The molecule has 0 unspecified atom stereocenters. The summed E-state index contributed by atoms with van der Waals surface area (Å²) in [6, 6.07) is 17.0. The molecule has 0 aliphatic rings. The van der Waals surface area contributed by atoms with Crippen molar-refractivity contribution < 1.29 is 0 Å². The molecule has 1 aromatic carbocycles. The Morgan fingerprint density at radius 3 is 1.23 bits per heavy atom. The molecule has 0 saturated carbocycles. The van der Waals surface area contributed by atoms with Crippen LogP contribution in [0.25, 0.3) is 34.6 Å². The number of hydrogen-bond donors (Lipinski definition) is 0. The van der Waals surface area contributed by atoms with Gasteiger partial charge in [0.05, 0.1) is 11.9 Å². The van der Waals surface area contributed by atoms with Crippen molar-refractivity contribution >= 4 is 0 Å². The smallest absolute Gasteiger partial charge is 0.221 e. The predicted octanol–water partition coefficient (Wildman–Crippen LogP) is 6.05. The van der Waals surface area contributed by atoms with E-state index in [4.69, 9.17) is 0 Å². The van der Waals surface area contributed by atoms with Crippen LogP contribution in [0.3, 0.4) is 0 Å². The summed E-state index contributed by atoms with van der Waals surface area (Å²) >= 11 is 0. The first kappa shape index (κ1) is 48.9. The number of rotatable bonds is 8. The summed E-state index contributed by atoms with van der Waals surface area (Å²) in [6.07, 6.45) is 8.04. The molecule has 0 aliphatic heterocycles. The Hall–Kier alpha value is -7.78. The summed E-state index contributed by atoms with van der Waals surface area (Å²) in [5.74, 6) is 6.76. The Bertz CT molecular complexity index is 2240. The second-order valence-corrected chi connectivity index (χ2v) is 15.0. The third kappa shape index (κ3) is 16.6. The van der Waals surface area contributed by atoms with Crippen LogP contribution in [0.2, 0.25) is 0 Å².